The number of nitrogens with one attached hydrogen (secondary N) is 2. The standard InChI is InChI=1S/C52H69F3N6O11/c1-4-61(5-2)45-12-13-47(46(37-45)48-36-43(14-15-56-48)49(62)57-38-40-8-7-11-44(35-40)52(53,54)55)58-50(63)42-10-6-9-41(34-42)39-71-33-32-70-31-30-69-29-28-68-27-26-67-25-24-66-20-16-59(3)51(64)72-23-19-60-17-21-65-22-18-60/h6-15,34-37H,4-5,16-33,38-39H2,1-3H3,(H,57,62)(H,58,63). The van der Waals surface area contributed by atoms with Gasteiger partial charge in [-0.1, -0.05) is 24.3 Å². The number of carbonyl (C=O) groups excluding carboxylic acids is 3. The second-order valence-corrected chi connectivity index (χ2v) is 16.5. The highest BCUT2D eigenvalue weighted by Crippen LogP contribution is 2.33. The van der Waals surface area contributed by atoms with Crippen LogP contribution in [0.3, 0.4) is 0 Å². The minimum absolute atomic E-state index is 0.108. The maximum atomic E-state index is 13.7. The van der Waals surface area contributed by atoms with E-state index in [2.05, 4.69) is 25.4 Å². The van der Waals surface area contributed by atoms with Crippen molar-refractivity contribution in [3.05, 3.63) is 113 Å². The topological polar surface area (TPSA) is 172 Å². The van der Waals surface area contributed by atoms with Crippen LogP contribution in [-0.4, -0.2) is 172 Å². The molecule has 0 unspecified atom stereocenters. The van der Waals surface area contributed by atoms with E-state index in [-0.39, 0.29) is 30.7 Å². The van der Waals surface area contributed by atoms with Crippen LogP contribution in [0.15, 0.2) is 85.1 Å². The summed E-state index contributed by atoms with van der Waals surface area (Å²) in [7, 11) is 1.68. The molecule has 1 saturated heterocycles. The average Bonchev–Trinajstić information content (AvgIpc) is 3.39. The van der Waals surface area contributed by atoms with Gasteiger partial charge in [0.15, 0.2) is 0 Å². The van der Waals surface area contributed by atoms with Gasteiger partial charge < -0.3 is 58.3 Å². The first-order valence-electron chi connectivity index (χ1n) is 24.3. The lowest BCUT2D eigenvalue weighted by Gasteiger charge is -2.26. The number of nitrogens with zero attached hydrogens (tertiary/aromatic N) is 4. The maximum Gasteiger partial charge on any atom is 0.416 e. The van der Waals surface area contributed by atoms with Gasteiger partial charge in [0, 0.05) is 81.4 Å². The molecule has 17 nitrogen and oxygen atoms in total. The van der Waals surface area contributed by atoms with Crippen LogP contribution in [-0.2, 0) is 57.2 Å². The predicted molar refractivity (Wildman–Crippen MR) is 265 cm³/mol. The Morgan fingerprint density at radius 3 is 1.96 bits per heavy atom. The second-order valence-electron chi connectivity index (χ2n) is 16.5. The Bertz CT molecular complexity index is 2250. The van der Waals surface area contributed by atoms with Crippen LogP contribution in [0.5, 0.6) is 0 Å². The lowest BCUT2D eigenvalue weighted by Crippen LogP contribution is -2.39. The zero-order valence-corrected chi connectivity index (χ0v) is 41.6. The van der Waals surface area contributed by atoms with Crippen molar-refractivity contribution in [2.24, 2.45) is 0 Å². The molecule has 3 aromatic carbocycles. The summed E-state index contributed by atoms with van der Waals surface area (Å²) in [5, 5.41) is 5.71. The molecule has 394 valence electrons. The minimum atomic E-state index is -4.50. The number of carbonyl (C=O) groups is 3. The molecule has 2 heterocycles. The number of ether oxygens (including phenoxy) is 8. The molecule has 0 aliphatic carbocycles. The number of rotatable bonds is 32. The SMILES string of the molecule is CCN(CC)c1ccc(NC(=O)c2cccc(COCCOCCOCCOCCOCCOCCN(C)C(=O)OCCN3CCOCC3)c2)c(-c2cc(C(=O)NCc3cccc(C(F)(F)F)c3)ccn2)c1. The third-order valence-corrected chi connectivity index (χ3v) is 11.3. The zero-order chi connectivity index (χ0) is 51.4. The Labute approximate surface area is 420 Å². The van der Waals surface area contributed by atoms with Crippen molar-refractivity contribution in [3.8, 4) is 11.3 Å². The summed E-state index contributed by atoms with van der Waals surface area (Å²) in [4.78, 5) is 49.5. The molecule has 1 aliphatic rings. The van der Waals surface area contributed by atoms with Gasteiger partial charge in [0.25, 0.3) is 11.8 Å². The molecule has 5 rings (SSSR count). The first kappa shape index (κ1) is 57.2. The van der Waals surface area contributed by atoms with Crippen LogP contribution in [0.1, 0.15) is 51.3 Å². The van der Waals surface area contributed by atoms with Crippen LogP contribution < -0.4 is 15.5 Å². The average molecular weight is 1010 g/mol. The van der Waals surface area contributed by atoms with Gasteiger partial charge in [-0.25, -0.2) is 4.79 Å². The summed E-state index contributed by atoms with van der Waals surface area (Å²) < 4.78 is 84.0. The van der Waals surface area contributed by atoms with Gasteiger partial charge >= 0.3 is 12.3 Å². The zero-order valence-electron chi connectivity index (χ0n) is 41.6. The van der Waals surface area contributed by atoms with Gasteiger partial charge in [-0.05, 0) is 79.6 Å². The van der Waals surface area contributed by atoms with Crippen molar-refractivity contribution in [2.75, 3.05) is 149 Å². The number of benzene rings is 3. The van der Waals surface area contributed by atoms with Crippen LogP contribution >= 0.6 is 0 Å². The molecule has 72 heavy (non-hydrogen) atoms. The first-order valence-corrected chi connectivity index (χ1v) is 24.3. The molecule has 1 fully saturated rings. The Morgan fingerprint density at radius 1 is 0.694 bits per heavy atom. The van der Waals surface area contributed by atoms with E-state index in [1.54, 1.807) is 37.4 Å². The van der Waals surface area contributed by atoms with Crippen LogP contribution in [0.4, 0.5) is 29.3 Å². The molecule has 0 bridgehead atoms. The Balaban J connectivity index is 0.937. The van der Waals surface area contributed by atoms with Crippen molar-refractivity contribution < 1.29 is 65.4 Å². The minimum Gasteiger partial charge on any atom is -0.448 e. The van der Waals surface area contributed by atoms with Gasteiger partial charge in [-0.2, -0.15) is 13.2 Å². The van der Waals surface area contributed by atoms with Crippen LogP contribution in [0.25, 0.3) is 11.3 Å². The fourth-order valence-electron chi connectivity index (χ4n) is 7.28. The molecule has 4 aromatic rings. The van der Waals surface area contributed by atoms with E-state index in [1.165, 1.54) is 29.3 Å². The van der Waals surface area contributed by atoms with Gasteiger partial charge in [-0.3, -0.25) is 19.5 Å². The molecule has 1 aromatic heterocycles. The van der Waals surface area contributed by atoms with Crippen molar-refractivity contribution in [1.29, 1.82) is 0 Å². The predicted octanol–water partition coefficient (Wildman–Crippen LogP) is 6.80. The summed E-state index contributed by atoms with van der Waals surface area (Å²) >= 11 is 0. The highest BCUT2D eigenvalue weighted by Gasteiger charge is 2.30. The summed E-state index contributed by atoms with van der Waals surface area (Å²) in [6, 6.07) is 20.6. The molecule has 0 radical (unpaired) electrons. The number of hydrogen-bond acceptors (Lipinski definition) is 14. The number of anilines is 2. The fourth-order valence-corrected chi connectivity index (χ4v) is 7.28. The van der Waals surface area contributed by atoms with E-state index >= 15 is 0 Å². The molecular weight excluding hydrogens is 942 g/mol. The van der Waals surface area contributed by atoms with Crippen molar-refractivity contribution in [3.63, 3.8) is 0 Å². The van der Waals surface area contributed by atoms with Crippen LogP contribution in [0.2, 0.25) is 0 Å². The molecule has 0 atom stereocenters. The molecule has 1 aliphatic heterocycles. The monoisotopic (exact) mass is 1010 g/mol. The number of hydrogen-bond donors (Lipinski definition) is 2. The van der Waals surface area contributed by atoms with Gasteiger partial charge in [0.1, 0.15) is 6.61 Å². The van der Waals surface area contributed by atoms with Crippen molar-refractivity contribution >= 4 is 29.3 Å². The lowest BCUT2D eigenvalue weighted by molar-refractivity contribution is -0.137. The lowest BCUT2D eigenvalue weighted by atomic mass is 10.0. The number of alkyl halides is 3. The van der Waals surface area contributed by atoms with E-state index in [0.29, 0.717) is 134 Å². The molecule has 0 spiro atoms. The molecular formula is C52H69F3N6O11. The molecule has 2 N–H and O–H groups in total. The van der Waals surface area contributed by atoms with E-state index < -0.39 is 17.6 Å². The second kappa shape index (κ2) is 31.7. The molecule has 3 amide bonds. The first-order chi connectivity index (χ1) is 34.9. The Kier molecular flexibility index (Phi) is 25.2. The third kappa shape index (κ3) is 20.4. The van der Waals surface area contributed by atoms with Crippen molar-refractivity contribution in [1.82, 2.24) is 20.1 Å². The summed E-state index contributed by atoms with van der Waals surface area (Å²) in [6.07, 6.45) is -3.39. The highest BCUT2D eigenvalue weighted by molar-refractivity contribution is 6.06. The van der Waals surface area contributed by atoms with Crippen LogP contribution in [0, 0.1) is 0 Å². The summed E-state index contributed by atoms with van der Waals surface area (Å²) in [5.74, 6) is -0.854. The number of morpholine rings is 1. The van der Waals surface area contributed by atoms with Gasteiger partial charge in [0.05, 0.1) is 109 Å². The third-order valence-electron chi connectivity index (χ3n) is 11.3. The number of halogens is 3. The van der Waals surface area contributed by atoms with E-state index in [1.807, 2.05) is 32.0 Å². The number of likely N-dealkylation sites (N-methyl/N-ethyl adjacent to an activating group) is 1. The summed E-state index contributed by atoms with van der Waals surface area (Å²) in [5.41, 5.74) is 3.32. The molecule has 0 saturated carbocycles. The number of aromatic nitrogens is 1. The normalized spacial score (nSPS) is 12.9. The quantitative estimate of drug-likeness (QED) is 0.0490. The number of pyridine rings is 1. The maximum absolute atomic E-state index is 13.7. The van der Waals surface area contributed by atoms with Gasteiger partial charge in [0.2, 0.25) is 0 Å². The largest absolute Gasteiger partial charge is 0.448 e. The Morgan fingerprint density at radius 2 is 1.31 bits per heavy atom. The highest BCUT2D eigenvalue weighted by atomic mass is 19.4. The Hall–Kier alpha value is -5.71. The number of amides is 3. The van der Waals surface area contributed by atoms with E-state index in [0.717, 1.165) is 49.6 Å². The van der Waals surface area contributed by atoms with Crippen molar-refractivity contribution in [2.45, 2.75) is 33.2 Å². The summed E-state index contributed by atoms with van der Waals surface area (Å²) in [6.45, 7) is 14.7. The fraction of sp³-hybridized carbons (Fsp3) is 0.500. The van der Waals surface area contributed by atoms with Gasteiger partial charge in [-0.15, -0.1) is 0 Å². The molecule has 20 heteroatoms. The van der Waals surface area contributed by atoms with E-state index in [4.69, 9.17) is 37.9 Å². The smallest absolute Gasteiger partial charge is 0.416 e. The van der Waals surface area contributed by atoms with E-state index in [9.17, 15) is 27.6 Å².